The SMILES string of the molecule is CC(C)Oc1ccc(C(C)C)cc1B(O)O. The molecule has 0 radical (unpaired) electrons. The summed E-state index contributed by atoms with van der Waals surface area (Å²) >= 11 is 0. The molecular weight excluding hydrogens is 203 g/mol. The Morgan fingerprint density at radius 2 is 1.75 bits per heavy atom. The van der Waals surface area contributed by atoms with Crippen molar-refractivity contribution in [3.8, 4) is 5.75 Å². The lowest BCUT2D eigenvalue weighted by Gasteiger charge is -2.16. The van der Waals surface area contributed by atoms with Crippen LogP contribution >= 0.6 is 0 Å². The van der Waals surface area contributed by atoms with Crippen LogP contribution < -0.4 is 10.2 Å². The molecule has 0 aromatic heterocycles. The Morgan fingerprint density at radius 3 is 2.19 bits per heavy atom. The Morgan fingerprint density at radius 1 is 1.12 bits per heavy atom. The monoisotopic (exact) mass is 222 g/mol. The zero-order valence-electron chi connectivity index (χ0n) is 10.3. The minimum Gasteiger partial charge on any atom is -0.491 e. The van der Waals surface area contributed by atoms with Gasteiger partial charge in [0.1, 0.15) is 5.75 Å². The molecule has 16 heavy (non-hydrogen) atoms. The molecule has 0 aliphatic carbocycles. The van der Waals surface area contributed by atoms with Gasteiger partial charge in [0.05, 0.1) is 6.10 Å². The van der Waals surface area contributed by atoms with E-state index in [9.17, 15) is 10.0 Å². The largest absolute Gasteiger partial charge is 0.492 e. The molecule has 3 nitrogen and oxygen atoms in total. The van der Waals surface area contributed by atoms with Crippen molar-refractivity contribution in [3.05, 3.63) is 23.8 Å². The van der Waals surface area contributed by atoms with Gasteiger partial charge in [-0.1, -0.05) is 26.0 Å². The van der Waals surface area contributed by atoms with Gasteiger partial charge in [-0.25, -0.2) is 0 Å². The molecule has 0 heterocycles. The Bertz CT molecular complexity index is 348. The standard InChI is InChI=1S/C12H19BO3/c1-8(2)10-5-6-12(16-9(3)4)11(7-10)13(14)15/h5-9,14-15H,1-4H3. The molecule has 0 amide bonds. The number of benzene rings is 1. The highest BCUT2D eigenvalue weighted by molar-refractivity contribution is 6.59. The van der Waals surface area contributed by atoms with Crippen LogP contribution in [0.1, 0.15) is 39.2 Å². The van der Waals surface area contributed by atoms with Gasteiger partial charge in [0.2, 0.25) is 0 Å². The van der Waals surface area contributed by atoms with Crippen LogP contribution in [-0.2, 0) is 0 Å². The molecule has 0 saturated carbocycles. The van der Waals surface area contributed by atoms with E-state index in [-0.39, 0.29) is 6.10 Å². The predicted octanol–water partition coefficient (Wildman–Crippen LogP) is 1.28. The van der Waals surface area contributed by atoms with Gasteiger partial charge in [0.15, 0.2) is 0 Å². The molecule has 1 rings (SSSR count). The summed E-state index contributed by atoms with van der Waals surface area (Å²) in [5, 5.41) is 18.6. The lowest BCUT2D eigenvalue weighted by Crippen LogP contribution is -2.32. The summed E-state index contributed by atoms with van der Waals surface area (Å²) < 4.78 is 5.52. The summed E-state index contributed by atoms with van der Waals surface area (Å²) in [5.74, 6) is 0.889. The van der Waals surface area contributed by atoms with Crippen molar-refractivity contribution < 1.29 is 14.8 Å². The molecule has 88 valence electrons. The first-order valence-electron chi connectivity index (χ1n) is 5.58. The summed E-state index contributed by atoms with van der Waals surface area (Å²) in [6, 6.07) is 5.53. The zero-order valence-corrected chi connectivity index (χ0v) is 10.3. The Balaban J connectivity index is 3.09. The number of hydrogen-bond acceptors (Lipinski definition) is 3. The molecule has 0 fully saturated rings. The van der Waals surface area contributed by atoms with Gasteiger partial charge >= 0.3 is 7.12 Å². The second kappa shape index (κ2) is 5.37. The van der Waals surface area contributed by atoms with Gasteiger partial charge in [0, 0.05) is 5.46 Å². The minimum absolute atomic E-state index is 0.0161. The molecule has 0 spiro atoms. The molecular formula is C12H19BO3. The summed E-state index contributed by atoms with van der Waals surface area (Å²) in [5.41, 5.74) is 1.50. The third-order valence-corrected chi connectivity index (χ3v) is 2.34. The van der Waals surface area contributed by atoms with Crippen molar-refractivity contribution in [1.82, 2.24) is 0 Å². The molecule has 1 aromatic carbocycles. The lowest BCUT2D eigenvalue weighted by atomic mass is 9.78. The smallest absolute Gasteiger partial charge is 0.491 e. The number of hydrogen-bond donors (Lipinski definition) is 2. The quantitative estimate of drug-likeness (QED) is 0.754. The van der Waals surface area contributed by atoms with E-state index in [0.717, 1.165) is 5.56 Å². The maximum Gasteiger partial charge on any atom is 0.492 e. The van der Waals surface area contributed by atoms with E-state index < -0.39 is 7.12 Å². The van der Waals surface area contributed by atoms with Gasteiger partial charge in [0.25, 0.3) is 0 Å². The molecule has 2 N–H and O–H groups in total. The fraction of sp³-hybridized carbons (Fsp3) is 0.500. The summed E-state index contributed by atoms with van der Waals surface area (Å²) in [4.78, 5) is 0. The Hall–Kier alpha value is -0.995. The van der Waals surface area contributed by atoms with E-state index >= 15 is 0 Å². The van der Waals surface area contributed by atoms with Crippen LogP contribution in [0.15, 0.2) is 18.2 Å². The number of rotatable bonds is 4. The first-order chi connectivity index (χ1) is 7.41. The molecule has 1 aromatic rings. The number of ether oxygens (including phenoxy) is 1. The second-order valence-corrected chi connectivity index (χ2v) is 4.49. The third kappa shape index (κ3) is 3.25. The average Bonchev–Trinajstić information content (AvgIpc) is 2.16. The first kappa shape index (κ1) is 13.1. The molecule has 0 bridgehead atoms. The van der Waals surface area contributed by atoms with Crippen LogP contribution in [0.2, 0.25) is 0 Å². The highest BCUT2D eigenvalue weighted by Gasteiger charge is 2.19. The van der Waals surface area contributed by atoms with Gasteiger partial charge in [-0.15, -0.1) is 0 Å². The highest BCUT2D eigenvalue weighted by atomic mass is 16.5. The summed E-state index contributed by atoms with van der Waals surface area (Å²) in [6.07, 6.45) is 0.0161. The van der Waals surface area contributed by atoms with Crippen molar-refractivity contribution in [2.24, 2.45) is 0 Å². The van der Waals surface area contributed by atoms with Gasteiger partial charge in [-0.05, 0) is 31.4 Å². The first-order valence-corrected chi connectivity index (χ1v) is 5.58. The van der Waals surface area contributed by atoms with E-state index in [2.05, 4.69) is 13.8 Å². The van der Waals surface area contributed by atoms with Crippen molar-refractivity contribution in [3.63, 3.8) is 0 Å². The van der Waals surface area contributed by atoms with Crippen molar-refractivity contribution in [2.45, 2.75) is 39.7 Å². The van der Waals surface area contributed by atoms with Crippen molar-refractivity contribution in [1.29, 1.82) is 0 Å². The van der Waals surface area contributed by atoms with Crippen LogP contribution in [-0.4, -0.2) is 23.3 Å². The van der Waals surface area contributed by atoms with E-state index in [0.29, 0.717) is 17.1 Å². The third-order valence-electron chi connectivity index (χ3n) is 2.34. The Kier molecular flexibility index (Phi) is 4.39. The zero-order chi connectivity index (χ0) is 12.3. The second-order valence-electron chi connectivity index (χ2n) is 4.49. The molecule has 0 atom stereocenters. The fourth-order valence-corrected chi connectivity index (χ4v) is 1.49. The molecule has 0 unspecified atom stereocenters. The van der Waals surface area contributed by atoms with Gasteiger partial charge < -0.3 is 14.8 Å². The Labute approximate surface area is 97.2 Å². The van der Waals surface area contributed by atoms with Gasteiger partial charge in [-0.3, -0.25) is 0 Å². The molecule has 0 aliphatic rings. The summed E-state index contributed by atoms with van der Waals surface area (Å²) in [6.45, 7) is 7.94. The minimum atomic E-state index is -1.49. The molecule has 0 aliphatic heterocycles. The van der Waals surface area contributed by atoms with Gasteiger partial charge in [-0.2, -0.15) is 0 Å². The fourth-order valence-electron chi connectivity index (χ4n) is 1.49. The lowest BCUT2D eigenvalue weighted by molar-refractivity contribution is 0.243. The maximum atomic E-state index is 9.30. The van der Waals surface area contributed by atoms with Crippen LogP contribution in [0.3, 0.4) is 0 Å². The maximum absolute atomic E-state index is 9.30. The van der Waals surface area contributed by atoms with E-state index in [1.165, 1.54) is 0 Å². The van der Waals surface area contributed by atoms with E-state index in [1.807, 2.05) is 19.9 Å². The predicted molar refractivity (Wildman–Crippen MR) is 66.1 cm³/mol. The normalized spacial score (nSPS) is 11.0. The average molecular weight is 222 g/mol. The summed E-state index contributed by atoms with van der Waals surface area (Å²) in [7, 11) is -1.49. The van der Waals surface area contributed by atoms with Crippen molar-refractivity contribution >= 4 is 12.6 Å². The topological polar surface area (TPSA) is 49.7 Å². The molecule has 0 saturated heterocycles. The van der Waals surface area contributed by atoms with Crippen LogP contribution in [0, 0.1) is 0 Å². The molecule has 4 heteroatoms. The van der Waals surface area contributed by atoms with Crippen molar-refractivity contribution in [2.75, 3.05) is 0 Å². The van der Waals surface area contributed by atoms with E-state index in [4.69, 9.17) is 4.74 Å². The highest BCUT2D eigenvalue weighted by Crippen LogP contribution is 2.18. The van der Waals surface area contributed by atoms with Crippen LogP contribution in [0.4, 0.5) is 0 Å². The van der Waals surface area contributed by atoms with Crippen LogP contribution in [0.25, 0.3) is 0 Å². The van der Waals surface area contributed by atoms with E-state index in [1.54, 1.807) is 12.1 Å². The van der Waals surface area contributed by atoms with Crippen LogP contribution in [0.5, 0.6) is 5.75 Å².